The van der Waals surface area contributed by atoms with Crippen LogP contribution in [-0.4, -0.2) is 49.1 Å². The fraction of sp³-hybridized carbons (Fsp3) is 0.846. The van der Waals surface area contributed by atoms with E-state index in [4.69, 9.17) is 4.74 Å². The van der Waals surface area contributed by atoms with E-state index in [1.165, 1.54) is 11.1 Å². The van der Waals surface area contributed by atoms with Crippen LogP contribution in [0.2, 0.25) is 0 Å². The molecule has 0 radical (unpaired) electrons. The van der Waals surface area contributed by atoms with Crippen LogP contribution in [-0.2, 0) is 14.8 Å². The first-order chi connectivity index (χ1) is 8.82. The van der Waals surface area contributed by atoms with Crippen LogP contribution in [0.15, 0.2) is 4.40 Å². The fourth-order valence-electron chi connectivity index (χ4n) is 1.41. The number of rotatable bonds is 2. The van der Waals surface area contributed by atoms with E-state index in [2.05, 4.69) is 4.40 Å². The summed E-state index contributed by atoms with van der Waals surface area (Å²) in [6.45, 7) is 11.1. The Morgan fingerprint density at radius 1 is 1.20 bits per heavy atom. The Labute approximate surface area is 121 Å². The lowest BCUT2D eigenvalue weighted by Crippen LogP contribution is -2.52. The summed E-state index contributed by atoms with van der Waals surface area (Å²) in [5.74, 6) is -0.0281. The van der Waals surface area contributed by atoms with Crippen LogP contribution in [0.25, 0.3) is 0 Å². The average Bonchev–Trinajstić information content (AvgIpc) is 2.09. The average molecular weight is 304 g/mol. The second-order valence-corrected chi connectivity index (χ2v) is 9.37. The number of sulfonamides is 1. The Kier molecular flexibility index (Phi) is 4.53. The first-order valence-corrected chi connectivity index (χ1v) is 8.04. The van der Waals surface area contributed by atoms with Crippen LogP contribution in [0, 0.1) is 5.92 Å². The molecule has 1 aliphatic heterocycles. The molecular weight excluding hydrogens is 280 g/mol. The van der Waals surface area contributed by atoms with Gasteiger partial charge in [0.25, 0.3) is 10.0 Å². The number of hydrogen-bond donors (Lipinski definition) is 0. The lowest BCUT2D eigenvalue weighted by Gasteiger charge is -2.37. The number of likely N-dealkylation sites (tertiary alicyclic amines) is 1. The van der Waals surface area contributed by atoms with E-state index in [1.54, 1.807) is 41.5 Å². The van der Waals surface area contributed by atoms with Gasteiger partial charge in [-0.05, 0) is 41.5 Å². The molecule has 6 nitrogen and oxygen atoms in total. The van der Waals surface area contributed by atoms with Crippen molar-refractivity contribution in [2.24, 2.45) is 10.3 Å². The highest BCUT2D eigenvalue weighted by atomic mass is 32.2. The summed E-state index contributed by atoms with van der Waals surface area (Å²) >= 11 is 0. The van der Waals surface area contributed by atoms with Gasteiger partial charge in [-0.2, -0.15) is 4.40 Å². The molecule has 1 fully saturated rings. The van der Waals surface area contributed by atoms with Gasteiger partial charge in [0, 0.05) is 25.2 Å². The van der Waals surface area contributed by atoms with Crippen molar-refractivity contribution in [2.45, 2.75) is 51.9 Å². The summed E-state index contributed by atoms with van der Waals surface area (Å²) in [7, 11) is -3.50. The Bertz CT molecular complexity index is 491. The molecule has 20 heavy (non-hydrogen) atoms. The molecular formula is C13H24N2O4S. The van der Waals surface area contributed by atoms with Gasteiger partial charge in [0.15, 0.2) is 0 Å². The SMILES string of the molecule is CC(C)(C)OC(=O)N1CC(/C=N/S(=O)(=O)C(C)(C)C)C1. The van der Waals surface area contributed by atoms with Gasteiger partial charge in [-0.25, -0.2) is 13.2 Å². The Morgan fingerprint density at radius 2 is 1.70 bits per heavy atom. The van der Waals surface area contributed by atoms with E-state index >= 15 is 0 Å². The monoisotopic (exact) mass is 304 g/mol. The number of hydrogen-bond acceptors (Lipinski definition) is 4. The van der Waals surface area contributed by atoms with Crippen LogP contribution in [0.1, 0.15) is 41.5 Å². The molecule has 1 aliphatic rings. The number of carbonyl (C=O) groups excluding carboxylic acids is 1. The Morgan fingerprint density at radius 3 is 2.10 bits per heavy atom. The summed E-state index contributed by atoms with van der Waals surface area (Å²) < 4.78 is 31.6. The zero-order chi connectivity index (χ0) is 15.8. The standard InChI is InChI=1S/C13H24N2O4S/c1-12(2,3)19-11(16)15-8-10(9-15)7-14-20(17,18)13(4,5)6/h7,10H,8-9H2,1-6H3/b14-7+. The predicted molar refractivity (Wildman–Crippen MR) is 78.5 cm³/mol. The molecule has 0 N–H and O–H groups in total. The molecule has 1 amide bonds. The van der Waals surface area contributed by atoms with Crippen molar-refractivity contribution in [3.63, 3.8) is 0 Å². The summed E-state index contributed by atoms with van der Waals surface area (Å²) in [5, 5.41) is 0. The second-order valence-electron chi connectivity index (χ2n) is 6.99. The number of nitrogens with zero attached hydrogens (tertiary/aromatic N) is 2. The first kappa shape index (κ1) is 16.9. The minimum absolute atomic E-state index is 0.0281. The molecule has 1 heterocycles. The summed E-state index contributed by atoms with van der Waals surface area (Å²) in [6.07, 6.45) is 1.04. The van der Waals surface area contributed by atoms with E-state index in [0.29, 0.717) is 13.1 Å². The third kappa shape index (κ3) is 4.47. The fourth-order valence-corrected chi connectivity index (χ4v) is 2.06. The molecule has 7 heteroatoms. The van der Waals surface area contributed by atoms with E-state index in [0.717, 1.165) is 0 Å². The minimum Gasteiger partial charge on any atom is -0.444 e. The highest BCUT2D eigenvalue weighted by molar-refractivity contribution is 7.91. The molecule has 0 atom stereocenters. The highest BCUT2D eigenvalue weighted by Crippen LogP contribution is 2.20. The van der Waals surface area contributed by atoms with Gasteiger partial charge in [-0.3, -0.25) is 0 Å². The third-order valence-electron chi connectivity index (χ3n) is 2.75. The third-order valence-corrected chi connectivity index (χ3v) is 4.69. The van der Waals surface area contributed by atoms with Crippen LogP contribution in [0.3, 0.4) is 0 Å². The quantitative estimate of drug-likeness (QED) is 0.732. The van der Waals surface area contributed by atoms with Gasteiger partial charge in [-0.1, -0.05) is 0 Å². The lowest BCUT2D eigenvalue weighted by molar-refractivity contribution is 0.00740. The van der Waals surface area contributed by atoms with Crippen LogP contribution in [0.5, 0.6) is 0 Å². The molecule has 0 aliphatic carbocycles. The zero-order valence-electron chi connectivity index (χ0n) is 13.0. The maximum absolute atomic E-state index is 11.8. The largest absolute Gasteiger partial charge is 0.444 e. The molecule has 1 saturated heterocycles. The lowest BCUT2D eigenvalue weighted by atomic mass is 10.0. The van der Waals surface area contributed by atoms with Crippen molar-refractivity contribution in [2.75, 3.05) is 13.1 Å². The van der Waals surface area contributed by atoms with Gasteiger partial charge in [-0.15, -0.1) is 0 Å². The molecule has 0 aromatic heterocycles. The Balaban J connectivity index is 2.49. The summed E-state index contributed by atoms with van der Waals surface area (Å²) in [6, 6.07) is 0. The first-order valence-electron chi connectivity index (χ1n) is 6.60. The molecule has 0 spiro atoms. The smallest absolute Gasteiger partial charge is 0.410 e. The summed E-state index contributed by atoms with van der Waals surface area (Å²) in [5.41, 5.74) is -0.522. The molecule has 0 bridgehead atoms. The normalized spacial score (nSPS) is 18.2. The number of carbonyl (C=O) groups is 1. The van der Waals surface area contributed by atoms with Crippen LogP contribution < -0.4 is 0 Å². The van der Waals surface area contributed by atoms with E-state index in [9.17, 15) is 13.2 Å². The maximum atomic E-state index is 11.8. The predicted octanol–water partition coefficient (Wildman–Crippen LogP) is 2.05. The van der Waals surface area contributed by atoms with E-state index in [1.807, 2.05) is 0 Å². The van der Waals surface area contributed by atoms with Crippen LogP contribution in [0.4, 0.5) is 4.79 Å². The number of amides is 1. The van der Waals surface area contributed by atoms with Crippen molar-refractivity contribution >= 4 is 22.3 Å². The Hall–Kier alpha value is -1.11. The van der Waals surface area contributed by atoms with Gasteiger partial charge in [0.05, 0.1) is 4.75 Å². The molecule has 0 saturated carbocycles. The molecule has 116 valence electrons. The molecule has 0 unspecified atom stereocenters. The maximum Gasteiger partial charge on any atom is 0.410 e. The summed E-state index contributed by atoms with van der Waals surface area (Å²) in [4.78, 5) is 13.2. The van der Waals surface area contributed by atoms with Crippen LogP contribution >= 0.6 is 0 Å². The molecule has 0 aromatic rings. The van der Waals surface area contributed by atoms with Gasteiger partial charge >= 0.3 is 6.09 Å². The van der Waals surface area contributed by atoms with Crippen molar-refractivity contribution < 1.29 is 17.9 Å². The molecule has 1 rings (SSSR count). The van der Waals surface area contributed by atoms with Gasteiger partial charge in [0.1, 0.15) is 5.60 Å². The van der Waals surface area contributed by atoms with Crippen molar-refractivity contribution in [3.05, 3.63) is 0 Å². The van der Waals surface area contributed by atoms with Crippen molar-refractivity contribution in [1.29, 1.82) is 0 Å². The topological polar surface area (TPSA) is 76.0 Å². The molecule has 0 aromatic carbocycles. The van der Waals surface area contributed by atoms with Gasteiger partial charge < -0.3 is 9.64 Å². The van der Waals surface area contributed by atoms with E-state index < -0.39 is 20.4 Å². The van der Waals surface area contributed by atoms with E-state index in [-0.39, 0.29) is 12.0 Å². The van der Waals surface area contributed by atoms with Gasteiger partial charge in [0.2, 0.25) is 0 Å². The number of ether oxygens (including phenoxy) is 1. The highest BCUT2D eigenvalue weighted by Gasteiger charge is 2.34. The zero-order valence-corrected chi connectivity index (χ0v) is 13.8. The van der Waals surface area contributed by atoms with Crippen molar-refractivity contribution in [1.82, 2.24) is 4.90 Å². The van der Waals surface area contributed by atoms with Crippen molar-refractivity contribution in [3.8, 4) is 0 Å². The minimum atomic E-state index is -3.50. The second kappa shape index (κ2) is 5.35.